The maximum Gasteiger partial charge on any atom is 0.205 e. The molecule has 0 saturated carbocycles. The fraction of sp³-hybridized carbons (Fsp3) is 0.333. The summed E-state index contributed by atoms with van der Waals surface area (Å²) in [4.78, 5) is 0.438. The van der Waals surface area contributed by atoms with Crippen LogP contribution in [-0.4, -0.2) is 33.2 Å². The zero-order valence-electron chi connectivity index (χ0n) is 11.5. The van der Waals surface area contributed by atoms with Gasteiger partial charge in [-0.3, -0.25) is 0 Å². The molecule has 1 aromatic rings. The molecular weight excluding hydrogens is 292 g/mol. The minimum absolute atomic E-state index is 0.197. The van der Waals surface area contributed by atoms with Gasteiger partial charge in [0, 0.05) is 0 Å². The lowest BCUT2D eigenvalue weighted by Crippen LogP contribution is -2.36. The van der Waals surface area contributed by atoms with Crippen molar-refractivity contribution in [2.24, 2.45) is 0 Å². The topological polar surface area (TPSA) is 61.8 Å². The Bertz CT molecular complexity index is 665. The molecule has 2 heterocycles. The zero-order valence-corrected chi connectivity index (χ0v) is 12.3. The molecule has 2 aliphatic heterocycles. The Balaban J connectivity index is 1.96. The van der Waals surface area contributed by atoms with Crippen molar-refractivity contribution in [2.45, 2.75) is 36.6 Å². The Labute approximate surface area is 123 Å². The monoisotopic (exact) mass is 308 g/mol. The van der Waals surface area contributed by atoms with Gasteiger partial charge in [0.15, 0.2) is 12.6 Å². The van der Waals surface area contributed by atoms with Crippen LogP contribution in [-0.2, 0) is 24.0 Å². The van der Waals surface area contributed by atoms with Crippen LogP contribution >= 0.6 is 0 Å². The Morgan fingerprint density at radius 2 is 1.86 bits per heavy atom. The highest BCUT2D eigenvalue weighted by Gasteiger charge is 2.42. The Kier molecular flexibility index (Phi) is 3.71. The van der Waals surface area contributed by atoms with Crippen molar-refractivity contribution in [3.05, 3.63) is 54.0 Å². The van der Waals surface area contributed by atoms with Crippen LogP contribution < -0.4 is 0 Å². The highest BCUT2D eigenvalue weighted by molar-refractivity contribution is 7.95. The van der Waals surface area contributed by atoms with Crippen LogP contribution in [0.1, 0.15) is 6.92 Å². The van der Waals surface area contributed by atoms with E-state index in [0.717, 1.165) is 0 Å². The Morgan fingerprint density at radius 3 is 2.52 bits per heavy atom. The molecular formula is C15H16O5S. The predicted octanol–water partition coefficient (Wildman–Crippen LogP) is 2.02. The minimum atomic E-state index is -3.60. The first kappa shape index (κ1) is 14.5. The van der Waals surface area contributed by atoms with E-state index in [0.29, 0.717) is 0 Å². The summed E-state index contributed by atoms with van der Waals surface area (Å²) in [6, 6.07) is 8.27. The quantitative estimate of drug-likeness (QED) is 0.799. The molecule has 5 nitrogen and oxygen atoms in total. The van der Waals surface area contributed by atoms with Crippen LogP contribution in [0.15, 0.2) is 58.9 Å². The number of sulfone groups is 1. The van der Waals surface area contributed by atoms with Gasteiger partial charge in [0.1, 0.15) is 6.10 Å². The van der Waals surface area contributed by atoms with Crippen LogP contribution in [0, 0.1) is 0 Å². The van der Waals surface area contributed by atoms with Gasteiger partial charge in [0.2, 0.25) is 9.84 Å². The van der Waals surface area contributed by atoms with E-state index in [4.69, 9.17) is 14.2 Å². The van der Waals surface area contributed by atoms with Crippen molar-refractivity contribution in [2.75, 3.05) is 0 Å². The first-order valence-electron chi connectivity index (χ1n) is 6.63. The van der Waals surface area contributed by atoms with Gasteiger partial charge < -0.3 is 14.2 Å². The summed E-state index contributed by atoms with van der Waals surface area (Å²) >= 11 is 0. The number of ether oxygens (including phenoxy) is 3. The van der Waals surface area contributed by atoms with Crippen LogP contribution in [0.4, 0.5) is 0 Å². The second-order valence-electron chi connectivity index (χ2n) is 4.87. The Hall–Kier alpha value is -1.47. The average molecular weight is 308 g/mol. The van der Waals surface area contributed by atoms with Crippen molar-refractivity contribution in [1.29, 1.82) is 0 Å². The molecule has 1 unspecified atom stereocenters. The number of benzene rings is 1. The zero-order chi connectivity index (χ0) is 15.0. The van der Waals surface area contributed by atoms with Gasteiger partial charge in [-0.05, 0) is 31.2 Å². The van der Waals surface area contributed by atoms with Gasteiger partial charge in [-0.1, -0.05) is 24.8 Å². The second-order valence-corrected chi connectivity index (χ2v) is 6.82. The number of hydrogen-bond acceptors (Lipinski definition) is 5. The molecule has 1 aromatic carbocycles. The standard InChI is InChI=1S/C15H16O5S/c1-3-14-19-12-9-13(10(2)18-15(12)20-14)21(16,17)11-7-5-4-6-8-11/h3-10,12,14-15H,1H2,2H3/t10-,12+,14?,15+/m0/s1. The molecule has 0 radical (unpaired) electrons. The number of fused-ring (bicyclic) bond motifs is 1. The lowest BCUT2D eigenvalue weighted by molar-refractivity contribution is -0.148. The number of hydrogen-bond donors (Lipinski definition) is 0. The van der Waals surface area contributed by atoms with E-state index in [1.54, 1.807) is 43.3 Å². The summed E-state index contributed by atoms with van der Waals surface area (Å²) in [6.45, 7) is 5.28. The van der Waals surface area contributed by atoms with Crippen molar-refractivity contribution < 1.29 is 22.6 Å². The molecule has 4 atom stereocenters. The van der Waals surface area contributed by atoms with Crippen LogP contribution in [0.5, 0.6) is 0 Å². The summed E-state index contributed by atoms with van der Waals surface area (Å²) in [7, 11) is -3.60. The molecule has 1 fully saturated rings. The third-order valence-electron chi connectivity index (χ3n) is 3.45. The van der Waals surface area contributed by atoms with E-state index >= 15 is 0 Å². The maximum absolute atomic E-state index is 12.7. The van der Waals surface area contributed by atoms with Gasteiger partial charge in [-0.2, -0.15) is 0 Å². The first-order valence-corrected chi connectivity index (χ1v) is 8.11. The first-order chi connectivity index (χ1) is 10.0. The molecule has 0 aromatic heterocycles. The third kappa shape index (κ3) is 2.55. The molecule has 0 amide bonds. The molecule has 1 saturated heterocycles. The molecule has 0 N–H and O–H groups in total. The summed E-state index contributed by atoms with van der Waals surface area (Å²) in [5.41, 5.74) is 0. The van der Waals surface area contributed by atoms with Crippen molar-refractivity contribution in [3.63, 3.8) is 0 Å². The molecule has 0 aliphatic carbocycles. The fourth-order valence-corrected chi connectivity index (χ4v) is 4.00. The SMILES string of the molecule is C=CC1O[C@H]2O[C@@H](C)C(S(=O)(=O)c3ccccc3)=C[C@H]2O1. The Morgan fingerprint density at radius 1 is 1.14 bits per heavy atom. The lowest BCUT2D eigenvalue weighted by atomic mass is 10.2. The normalized spacial score (nSPS) is 32.3. The minimum Gasteiger partial charge on any atom is -0.341 e. The van der Waals surface area contributed by atoms with Crippen LogP contribution in [0.2, 0.25) is 0 Å². The summed E-state index contributed by atoms with van der Waals surface area (Å²) < 4.78 is 41.9. The van der Waals surface area contributed by atoms with Gasteiger partial charge in [-0.25, -0.2) is 8.42 Å². The maximum atomic E-state index is 12.7. The van der Waals surface area contributed by atoms with Crippen LogP contribution in [0.25, 0.3) is 0 Å². The number of rotatable bonds is 3. The molecule has 0 bridgehead atoms. The highest BCUT2D eigenvalue weighted by atomic mass is 32.2. The summed E-state index contributed by atoms with van der Waals surface area (Å²) in [6.07, 6.45) is 0.761. The molecule has 6 heteroatoms. The van der Waals surface area contributed by atoms with Crippen molar-refractivity contribution in [3.8, 4) is 0 Å². The fourth-order valence-electron chi connectivity index (χ4n) is 2.41. The predicted molar refractivity (Wildman–Crippen MR) is 76.0 cm³/mol. The van der Waals surface area contributed by atoms with E-state index in [-0.39, 0.29) is 9.80 Å². The molecule has 112 valence electrons. The third-order valence-corrected chi connectivity index (χ3v) is 5.43. The van der Waals surface area contributed by atoms with Crippen molar-refractivity contribution >= 4 is 9.84 Å². The molecule has 2 aliphatic rings. The van der Waals surface area contributed by atoms with Crippen LogP contribution in [0.3, 0.4) is 0 Å². The summed E-state index contributed by atoms with van der Waals surface area (Å²) in [5.74, 6) is 0. The van der Waals surface area contributed by atoms with E-state index < -0.39 is 34.6 Å². The second kappa shape index (κ2) is 5.38. The van der Waals surface area contributed by atoms with Gasteiger partial charge >= 0.3 is 0 Å². The average Bonchev–Trinajstić information content (AvgIpc) is 2.89. The molecule has 0 spiro atoms. The lowest BCUT2D eigenvalue weighted by Gasteiger charge is -2.27. The molecule has 3 rings (SSSR count). The van der Waals surface area contributed by atoms with E-state index in [1.165, 1.54) is 6.08 Å². The van der Waals surface area contributed by atoms with E-state index in [9.17, 15) is 8.42 Å². The van der Waals surface area contributed by atoms with Gasteiger partial charge in [-0.15, -0.1) is 0 Å². The largest absolute Gasteiger partial charge is 0.341 e. The smallest absolute Gasteiger partial charge is 0.205 e. The van der Waals surface area contributed by atoms with E-state index in [2.05, 4.69) is 6.58 Å². The van der Waals surface area contributed by atoms with Gasteiger partial charge in [0.05, 0.1) is 15.9 Å². The van der Waals surface area contributed by atoms with Gasteiger partial charge in [0.25, 0.3) is 0 Å². The van der Waals surface area contributed by atoms with Crippen molar-refractivity contribution in [1.82, 2.24) is 0 Å². The highest BCUT2D eigenvalue weighted by Crippen LogP contribution is 2.34. The van der Waals surface area contributed by atoms with E-state index in [1.807, 2.05) is 0 Å². The summed E-state index contributed by atoms with van der Waals surface area (Å²) in [5, 5.41) is 0. The molecule has 21 heavy (non-hydrogen) atoms.